The van der Waals surface area contributed by atoms with Gasteiger partial charge in [0.25, 0.3) is 0 Å². The normalized spacial score (nSPS) is 31.5. The second-order valence-electron chi connectivity index (χ2n) is 5.15. The van der Waals surface area contributed by atoms with Gasteiger partial charge in [0.1, 0.15) is 5.69 Å². The number of carbonyl (C=O) groups is 1. The summed E-state index contributed by atoms with van der Waals surface area (Å²) in [6, 6.07) is 5.73. The van der Waals surface area contributed by atoms with Gasteiger partial charge in [-0.2, -0.15) is 11.8 Å². The first-order valence-electron chi connectivity index (χ1n) is 6.35. The molecule has 2 atom stereocenters. The molecule has 3 heteroatoms. The minimum absolute atomic E-state index is 0.225. The number of carbonyl (C=O) groups excluding carboxylic acids is 1. The van der Waals surface area contributed by atoms with Crippen molar-refractivity contribution in [2.24, 2.45) is 5.92 Å². The minimum Gasteiger partial charge on any atom is -0.292 e. The fourth-order valence-corrected chi connectivity index (χ4v) is 4.74. The Balaban J connectivity index is 1.78. The third kappa shape index (κ3) is 2.25. The molecular formula is C14H17NOS. The maximum Gasteiger partial charge on any atom is 0.184 e. The zero-order chi connectivity index (χ0) is 11.8. The van der Waals surface area contributed by atoms with Crippen LogP contribution in [0.2, 0.25) is 0 Å². The summed E-state index contributed by atoms with van der Waals surface area (Å²) in [4.78, 5) is 16.8. The zero-order valence-electron chi connectivity index (χ0n) is 10.1. The molecule has 3 heterocycles. The number of ketones is 1. The molecule has 2 saturated heterocycles. The Morgan fingerprint density at radius 3 is 2.65 bits per heavy atom. The third-order valence-electron chi connectivity index (χ3n) is 3.80. The summed E-state index contributed by atoms with van der Waals surface area (Å²) in [5, 5.41) is 1.46. The molecule has 0 spiro atoms. The first-order chi connectivity index (χ1) is 8.22. The lowest BCUT2D eigenvalue weighted by atomic mass is 9.92. The van der Waals surface area contributed by atoms with Gasteiger partial charge in [0.15, 0.2) is 5.78 Å². The molecule has 17 heavy (non-hydrogen) atoms. The summed E-state index contributed by atoms with van der Waals surface area (Å²) >= 11 is 2.10. The number of nitrogens with zero attached hydrogens (tertiary/aromatic N) is 1. The number of thioether (sulfide) groups is 1. The number of aromatic nitrogens is 1. The topological polar surface area (TPSA) is 30.0 Å². The van der Waals surface area contributed by atoms with Crippen molar-refractivity contribution in [3.8, 4) is 0 Å². The Labute approximate surface area is 106 Å². The van der Waals surface area contributed by atoms with E-state index in [4.69, 9.17) is 0 Å². The summed E-state index contributed by atoms with van der Waals surface area (Å²) in [6.07, 6.45) is 4.74. The molecule has 3 rings (SSSR count). The van der Waals surface area contributed by atoms with E-state index >= 15 is 0 Å². The molecule has 0 radical (unpaired) electrons. The number of Topliss-reactive ketones (excluding diaryl/α,β-unsaturated/α-hetero) is 1. The zero-order valence-corrected chi connectivity index (χ0v) is 10.9. The molecule has 0 amide bonds. The Morgan fingerprint density at radius 2 is 2.00 bits per heavy atom. The van der Waals surface area contributed by atoms with Crippen LogP contribution in [0.5, 0.6) is 0 Å². The van der Waals surface area contributed by atoms with Gasteiger partial charge in [-0.15, -0.1) is 0 Å². The lowest BCUT2D eigenvalue weighted by molar-refractivity contribution is 0.0901. The van der Waals surface area contributed by atoms with Gasteiger partial charge in [-0.1, -0.05) is 6.07 Å². The van der Waals surface area contributed by atoms with E-state index in [9.17, 15) is 4.79 Å². The number of pyridine rings is 1. The van der Waals surface area contributed by atoms with E-state index in [0.717, 1.165) is 29.0 Å². The maximum atomic E-state index is 12.4. The fourth-order valence-electron chi connectivity index (χ4n) is 2.96. The number of aryl methyl sites for hydroxylation is 1. The number of hydrogen-bond donors (Lipinski definition) is 0. The highest BCUT2D eigenvalue weighted by Crippen LogP contribution is 2.46. The first kappa shape index (κ1) is 11.3. The van der Waals surface area contributed by atoms with Crippen molar-refractivity contribution in [1.29, 1.82) is 0 Å². The van der Waals surface area contributed by atoms with Gasteiger partial charge in [-0.3, -0.25) is 9.78 Å². The van der Waals surface area contributed by atoms with Crippen LogP contribution in [-0.2, 0) is 0 Å². The minimum atomic E-state index is 0.225. The van der Waals surface area contributed by atoms with E-state index in [2.05, 4.69) is 16.7 Å². The average Bonchev–Trinajstić information content (AvgIpc) is 2.67. The lowest BCUT2D eigenvalue weighted by Crippen LogP contribution is -2.25. The molecular weight excluding hydrogens is 230 g/mol. The largest absolute Gasteiger partial charge is 0.292 e. The molecule has 2 nitrogen and oxygen atoms in total. The third-order valence-corrected chi connectivity index (χ3v) is 5.43. The van der Waals surface area contributed by atoms with Crippen molar-refractivity contribution < 1.29 is 4.79 Å². The standard InChI is InChI=1S/C14H17NOS/c1-9-3-2-4-13(15-9)14(16)10-7-11-5-6-12(8-10)17-11/h2-4,10-12H,5-8H2,1H3. The Hall–Kier alpha value is -0.830. The van der Waals surface area contributed by atoms with Crippen LogP contribution in [-0.4, -0.2) is 21.3 Å². The van der Waals surface area contributed by atoms with Gasteiger partial charge in [-0.05, 0) is 44.7 Å². The average molecular weight is 247 g/mol. The van der Waals surface area contributed by atoms with Crippen LogP contribution in [0, 0.1) is 12.8 Å². The van der Waals surface area contributed by atoms with Crippen molar-refractivity contribution in [2.45, 2.75) is 43.1 Å². The molecule has 0 aliphatic carbocycles. The van der Waals surface area contributed by atoms with E-state index in [1.807, 2.05) is 25.1 Å². The number of fused-ring (bicyclic) bond motifs is 2. The SMILES string of the molecule is Cc1cccc(C(=O)C2CC3CCC(C2)S3)n1. The van der Waals surface area contributed by atoms with Crippen molar-refractivity contribution in [2.75, 3.05) is 0 Å². The summed E-state index contributed by atoms with van der Waals surface area (Å²) in [6.45, 7) is 1.94. The predicted octanol–water partition coefficient (Wildman–Crippen LogP) is 3.25. The summed E-state index contributed by atoms with van der Waals surface area (Å²) in [7, 11) is 0. The molecule has 2 aliphatic rings. The summed E-state index contributed by atoms with van der Waals surface area (Å²) in [5.74, 6) is 0.494. The molecule has 1 aromatic heterocycles. The molecule has 2 fully saturated rings. The van der Waals surface area contributed by atoms with Crippen molar-refractivity contribution >= 4 is 17.5 Å². The second kappa shape index (κ2) is 4.45. The van der Waals surface area contributed by atoms with Crippen LogP contribution in [0.25, 0.3) is 0 Å². The van der Waals surface area contributed by atoms with Crippen LogP contribution < -0.4 is 0 Å². The Bertz CT molecular complexity index is 434. The monoisotopic (exact) mass is 247 g/mol. The van der Waals surface area contributed by atoms with Crippen LogP contribution in [0.1, 0.15) is 41.9 Å². The molecule has 0 N–H and O–H groups in total. The van der Waals surface area contributed by atoms with Crippen LogP contribution in [0.4, 0.5) is 0 Å². The van der Waals surface area contributed by atoms with Crippen LogP contribution in [0.3, 0.4) is 0 Å². The van der Waals surface area contributed by atoms with Gasteiger partial charge < -0.3 is 0 Å². The first-order valence-corrected chi connectivity index (χ1v) is 7.30. The van der Waals surface area contributed by atoms with Gasteiger partial charge in [0.2, 0.25) is 0 Å². The molecule has 90 valence electrons. The van der Waals surface area contributed by atoms with E-state index < -0.39 is 0 Å². The highest BCUT2D eigenvalue weighted by atomic mass is 32.2. The van der Waals surface area contributed by atoms with Crippen molar-refractivity contribution in [1.82, 2.24) is 4.98 Å². The van der Waals surface area contributed by atoms with Crippen molar-refractivity contribution in [3.05, 3.63) is 29.6 Å². The smallest absolute Gasteiger partial charge is 0.184 e. The van der Waals surface area contributed by atoms with Crippen molar-refractivity contribution in [3.63, 3.8) is 0 Å². The highest BCUT2D eigenvalue weighted by Gasteiger charge is 2.38. The van der Waals surface area contributed by atoms with Gasteiger partial charge in [0, 0.05) is 22.1 Å². The van der Waals surface area contributed by atoms with E-state index in [-0.39, 0.29) is 11.7 Å². The molecule has 2 aliphatic heterocycles. The number of hydrogen-bond acceptors (Lipinski definition) is 3. The Kier molecular flexibility index (Phi) is 2.95. The Morgan fingerprint density at radius 1 is 1.29 bits per heavy atom. The van der Waals surface area contributed by atoms with E-state index in [0.29, 0.717) is 5.69 Å². The van der Waals surface area contributed by atoms with Crippen LogP contribution in [0.15, 0.2) is 18.2 Å². The van der Waals surface area contributed by atoms with Gasteiger partial charge >= 0.3 is 0 Å². The van der Waals surface area contributed by atoms with E-state index in [1.165, 1.54) is 12.8 Å². The highest BCUT2D eigenvalue weighted by molar-refractivity contribution is 8.00. The quantitative estimate of drug-likeness (QED) is 0.751. The number of rotatable bonds is 2. The second-order valence-corrected chi connectivity index (χ2v) is 6.76. The van der Waals surface area contributed by atoms with Gasteiger partial charge in [0.05, 0.1) is 0 Å². The molecule has 0 saturated carbocycles. The summed E-state index contributed by atoms with van der Waals surface area (Å²) < 4.78 is 0. The van der Waals surface area contributed by atoms with E-state index in [1.54, 1.807) is 0 Å². The maximum absolute atomic E-state index is 12.4. The molecule has 0 aromatic carbocycles. The lowest BCUT2D eigenvalue weighted by Gasteiger charge is -2.26. The molecule has 1 aromatic rings. The summed E-state index contributed by atoms with van der Waals surface area (Å²) in [5.41, 5.74) is 1.60. The molecule has 2 bridgehead atoms. The predicted molar refractivity (Wildman–Crippen MR) is 70.4 cm³/mol. The van der Waals surface area contributed by atoms with Gasteiger partial charge in [-0.25, -0.2) is 0 Å². The van der Waals surface area contributed by atoms with Crippen LogP contribution >= 0.6 is 11.8 Å². The molecule has 2 unspecified atom stereocenters. The fraction of sp³-hybridized carbons (Fsp3) is 0.571.